The largest absolute Gasteiger partial charge is 0.480 e. The third kappa shape index (κ3) is 8.44. The highest BCUT2D eigenvalue weighted by atomic mass is 16.5. The van der Waals surface area contributed by atoms with E-state index in [2.05, 4.69) is 10.1 Å². The zero-order chi connectivity index (χ0) is 20.4. The van der Waals surface area contributed by atoms with Gasteiger partial charge in [-0.05, 0) is 24.8 Å². The van der Waals surface area contributed by atoms with Crippen LogP contribution in [0.3, 0.4) is 0 Å². The summed E-state index contributed by atoms with van der Waals surface area (Å²) in [7, 11) is 0. The highest BCUT2D eigenvalue weighted by molar-refractivity contribution is 6.00. The number of primary amides is 1. The molecule has 0 aromatic rings. The fourth-order valence-electron chi connectivity index (χ4n) is 1.86. The van der Waals surface area contributed by atoms with Crippen molar-refractivity contribution in [2.75, 3.05) is 13.2 Å². The van der Waals surface area contributed by atoms with Crippen LogP contribution in [-0.2, 0) is 19.1 Å². The summed E-state index contributed by atoms with van der Waals surface area (Å²) in [5.74, 6) is -2.99. The summed E-state index contributed by atoms with van der Waals surface area (Å²) in [6, 6.07) is -2.49. The Kier molecular flexibility index (Phi) is 9.92. The number of nitrogens with one attached hydrogen (secondary N) is 2. The van der Waals surface area contributed by atoms with E-state index in [0.29, 0.717) is 6.42 Å². The molecule has 0 heterocycles. The summed E-state index contributed by atoms with van der Waals surface area (Å²) >= 11 is 0. The van der Waals surface area contributed by atoms with Crippen LogP contribution in [-0.4, -0.2) is 59.4 Å². The van der Waals surface area contributed by atoms with Crippen LogP contribution in [0.4, 0.5) is 4.79 Å². The van der Waals surface area contributed by atoms with E-state index in [1.54, 1.807) is 0 Å². The normalized spacial score (nSPS) is 14.1. The summed E-state index contributed by atoms with van der Waals surface area (Å²) < 4.78 is 4.57. The van der Waals surface area contributed by atoms with Gasteiger partial charge in [-0.3, -0.25) is 9.59 Å². The molecule has 0 radical (unpaired) electrons. The van der Waals surface area contributed by atoms with Gasteiger partial charge < -0.3 is 37.1 Å². The first-order chi connectivity index (χ1) is 12.0. The Morgan fingerprint density at radius 2 is 1.77 bits per heavy atom. The SMILES string of the molecule is C/C(COC(N)=O)=C(\NC(=O)[C@@H](N)CC(C)C)C(=O)N[C@@H](CO)C(=O)O. The second-order valence-electron chi connectivity index (χ2n) is 6.04. The quantitative estimate of drug-likeness (QED) is 0.246. The van der Waals surface area contributed by atoms with Crippen LogP contribution in [0.2, 0.25) is 0 Å². The smallest absolute Gasteiger partial charge is 0.404 e. The van der Waals surface area contributed by atoms with E-state index in [4.69, 9.17) is 21.7 Å². The highest BCUT2D eigenvalue weighted by Crippen LogP contribution is 2.07. The number of hydrogen-bond donors (Lipinski definition) is 6. The number of carbonyl (C=O) groups excluding carboxylic acids is 3. The number of aliphatic hydroxyl groups is 1. The molecule has 8 N–H and O–H groups in total. The van der Waals surface area contributed by atoms with Crippen LogP contribution >= 0.6 is 0 Å². The van der Waals surface area contributed by atoms with Gasteiger partial charge in [0.1, 0.15) is 12.3 Å². The lowest BCUT2D eigenvalue weighted by atomic mass is 10.0. The molecule has 0 rings (SSSR count). The molecule has 0 bridgehead atoms. The highest BCUT2D eigenvalue weighted by Gasteiger charge is 2.25. The molecule has 0 aliphatic carbocycles. The van der Waals surface area contributed by atoms with Gasteiger partial charge in [0.2, 0.25) is 5.91 Å². The Hall–Kier alpha value is -2.66. The third-order valence-electron chi connectivity index (χ3n) is 3.18. The first-order valence-electron chi connectivity index (χ1n) is 7.82. The second kappa shape index (κ2) is 11.1. The van der Waals surface area contributed by atoms with E-state index >= 15 is 0 Å². The number of nitrogens with two attached hydrogens (primary N) is 2. The molecule has 0 fully saturated rings. The minimum atomic E-state index is -1.58. The van der Waals surface area contributed by atoms with Crippen molar-refractivity contribution in [2.24, 2.45) is 17.4 Å². The monoisotopic (exact) mass is 374 g/mol. The maximum Gasteiger partial charge on any atom is 0.404 e. The molecule has 148 valence electrons. The Balaban J connectivity index is 5.44. The Labute approximate surface area is 150 Å². The zero-order valence-corrected chi connectivity index (χ0v) is 14.9. The van der Waals surface area contributed by atoms with Crippen molar-refractivity contribution >= 4 is 23.9 Å². The second-order valence-corrected chi connectivity index (χ2v) is 6.04. The van der Waals surface area contributed by atoms with E-state index in [0.717, 1.165) is 0 Å². The van der Waals surface area contributed by atoms with Gasteiger partial charge in [-0.25, -0.2) is 9.59 Å². The molecule has 11 heteroatoms. The first kappa shape index (κ1) is 23.3. The molecule has 0 aromatic carbocycles. The summed E-state index contributed by atoms with van der Waals surface area (Å²) in [5, 5.41) is 22.3. The molecule has 26 heavy (non-hydrogen) atoms. The Bertz CT molecular complexity index is 574. The number of amides is 3. The lowest BCUT2D eigenvalue weighted by molar-refractivity contribution is -0.142. The van der Waals surface area contributed by atoms with Gasteiger partial charge in [0.05, 0.1) is 12.6 Å². The van der Waals surface area contributed by atoms with Gasteiger partial charge >= 0.3 is 12.1 Å². The number of aliphatic carboxylic acids is 1. The van der Waals surface area contributed by atoms with Crippen LogP contribution < -0.4 is 22.1 Å². The maximum absolute atomic E-state index is 12.3. The summed E-state index contributed by atoms with van der Waals surface area (Å²) in [6.45, 7) is 3.84. The fourth-order valence-corrected chi connectivity index (χ4v) is 1.86. The number of hydrogen-bond acceptors (Lipinski definition) is 7. The van der Waals surface area contributed by atoms with Gasteiger partial charge in [-0.2, -0.15) is 0 Å². The summed E-state index contributed by atoms with van der Waals surface area (Å²) in [4.78, 5) is 46.2. The number of ether oxygens (including phenoxy) is 1. The molecule has 0 unspecified atom stereocenters. The standard InChI is InChI=1S/C15H26N4O7/c1-7(2)4-9(16)12(21)19-11(8(3)6-26-15(17)25)13(22)18-10(5-20)14(23)24/h7,9-10,20H,4-6,16H2,1-3H3,(H2,17,25)(H,18,22)(H,19,21)(H,23,24)/b11-8+/t9-,10-/m0/s1. The van der Waals surface area contributed by atoms with Crippen molar-refractivity contribution in [1.29, 1.82) is 0 Å². The van der Waals surface area contributed by atoms with Crippen LogP contribution in [0.1, 0.15) is 27.2 Å². The maximum atomic E-state index is 12.3. The van der Waals surface area contributed by atoms with Crippen LogP contribution in [0, 0.1) is 5.92 Å². The zero-order valence-electron chi connectivity index (χ0n) is 14.9. The number of carboxylic acid groups (broad SMARTS) is 1. The van der Waals surface area contributed by atoms with E-state index < -0.39 is 49.2 Å². The minimum absolute atomic E-state index is 0.105. The predicted molar refractivity (Wildman–Crippen MR) is 90.5 cm³/mol. The number of aliphatic hydroxyl groups excluding tert-OH is 1. The van der Waals surface area contributed by atoms with Crippen molar-refractivity contribution in [3.8, 4) is 0 Å². The van der Waals surface area contributed by atoms with Crippen LogP contribution in [0.25, 0.3) is 0 Å². The van der Waals surface area contributed by atoms with Gasteiger partial charge in [-0.1, -0.05) is 13.8 Å². The Morgan fingerprint density at radius 3 is 2.19 bits per heavy atom. The van der Waals surface area contributed by atoms with Crippen molar-refractivity contribution in [1.82, 2.24) is 10.6 Å². The van der Waals surface area contributed by atoms with Crippen LogP contribution in [0.15, 0.2) is 11.3 Å². The number of rotatable bonds is 10. The third-order valence-corrected chi connectivity index (χ3v) is 3.18. The van der Waals surface area contributed by atoms with Gasteiger partial charge in [0.15, 0.2) is 6.04 Å². The lowest BCUT2D eigenvalue weighted by Gasteiger charge is -2.19. The molecule has 0 saturated carbocycles. The number of carboxylic acids is 1. The van der Waals surface area contributed by atoms with Gasteiger partial charge in [-0.15, -0.1) is 0 Å². The van der Waals surface area contributed by atoms with Crippen molar-refractivity contribution in [3.63, 3.8) is 0 Å². The molecule has 11 nitrogen and oxygen atoms in total. The molecule has 3 amide bonds. The van der Waals surface area contributed by atoms with Gasteiger partial charge in [0.25, 0.3) is 5.91 Å². The molecule has 0 aliphatic heterocycles. The topological polar surface area (TPSA) is 194 Å². The van der Waals surface area contributed by atoms with E-state index in [1.807, 2.05) is 19.2 Å². The molecular formula is C15H26N4O7. The molecular weight excluding hydrogens is 348 g/mol. The van der Waals surface area contributed by atoms with E-state index in [1.165, 1.54) is 6.92 Å². The van der Waals surface area contributed by atoms with Crippen LogP contribution in [0.5, 0.6) is 0 Å². The first-order valence-corrected chi connectivity index (χ1v) is 7.82. The average Bonchev–Trinajstić information content (AvgIpc) is 2.53. The van der Waals surface area contributed by atoms with Crippen molar-refractivity contribution < 1.29 is 34.1 Å². The van der Waals surface area contributed by atoms with E-state index in [9.17, 15) is 19.2 Å². The average molecular weight is 374 g/mol. The predicted octanol–water partition coefficient (Wildman–Crippen LogP) is -1.59. The molecule has 0 aromatic heterocycles. The molecule has 2 atom stereocenters. The molecule has 0 spiro atoms. The summed E-state index contributed by atoms with van der Waals surface area (Å²) in [5.41, 5.74) is 10.4. The molecule has 0 aliphatic rings. The number of carbonyl (C=O) groups is 4. The summed E-state index contributed by atoms with van der Waals surface area (Å²) in [6.07, 6.45) is -0.739. The van der Waals surface area contributed by atoms with Crippen molar-refractivity contribution in [2.45, 2.75) is 39.3 Å². The minimum Gasteiger partial charge on any atom is -0.480 e. The lowest BCUT2D eigenvalue weighted by Crippen LogP contribution is -2.49. The Morgan fingerprint density at radius 1 is 1.19 bits per heavy atom. The van der Waals surface area contributed by atoms with Gasteiger partial charge in [0, 0.05) is 0 Å². The van der Waals surface area contributed by atoms with Crippen molar-refractivity contribution in [3.05, 3.63) is 11.3 Å². The van der Waals surface area contributed by atoms with E-state index in [-0.39, 0.29) is 17.2 Å². The fraction of sp³-hybridized carbons (Fsp3) is 0.600. The molecule has 0 saturated heterocycles.